The second kappa shape index (κ2) is 14.1. The maximum absolute atomic E-state index is 5.25. The van der Waals surface area contributed by atoms with Crippen LogP contribution in [0.25, 0.3) is 54.2 Å². The van der Waals surface area contributed by atoms with Gasteiger partial charge in [-0.3, -0.25) is 0 Å². The zero-order valence-electron chi connectivity index (χ0n) is 32.6. The molecule has 8 aromatic rings. The number of para-hydroxylation sites is 2. The third kappa shape index (κ3) is 5.41. The number of rotatable bonds is 4. The van der Waals surface area contributed by atoms with Crippen molar-refractivity contribution < 1.29 is 0 Å². The summed E-state index contributed by atoms with van der Waals surface area (Å²) in [7, 11) is 0. The Morgan fingerprint density at radius 2 is 1.32 bits per heavy atom. The zero-order valence-corrected chi connectivity index (χ0v) is 33.4. The van der Waals surface area contributed by atoms with E-state index in [0.717, 1.165) is 33.8 Å². The molecular weight excluding hydrogens is 697 g/mol. The molecular formula is C53H44N2S. The van der Waals surface area contributed by atoms with Crippen molar-refractivity contribution in [3.8, 4) is 22.4 Å². The average Bonchev–Trinajstić information content (AvgIpc) is 3.74. The Balaban J connectivity index is 0.00000202. The molecule has 0 radical (unpaired) electrons. The highest BCUT2D eigenvalue weighted by Crippen LogP contribution is 2.62. The molecule has 1 unspecified atom stereocenters. The van der Waals surface area contributed by atoms with E-state index >= 15 is 0 Å². The van der Waals surface area contributed by atoms with Gasteiger partial charge in [0.1, 0.15) is 0 Å². The standard InChI is InChI=1S/C51H38N2S.C2H6/c1-32-28-38(52-46(29-32)36-16-7-5-8-17-36)31-42-34(3)51(33(2)35(4)53(39-18-9-6-10-19-39)47-23-13-12-22-45(47)51)44-27-26-37(30-43(42)44)40-21-15-25-49-50(40)41-20-11-14-24-48(41)54-49;1-2/h5-31H,3H2,1-2,4H3;1-2H3/b42-31-;. The lowest BCUT2D eigenvalue weighted by Gasteiger charge is -2.45. The van der Waals surface area contributed by atoms with Crippen LogP contribution < -0.4 is 4.90 Å². The lowest BCUT2D eigenvalue weighted by molar-refractivity contribution is 0.714. The summed E-state index contributed by atoms with van der Waals surface area (Å²) in [6, 6.07) is 57.1. The van der Waals surface area contributed by atoms with E-state index in [2.05, 4.69) is 189 Å². The molecule has 1 spiro atoms. The van der Waals surface area contributed by atoms with Crippen LogP contribution in [-0.4, -0.2) is 4.98 Å². The number of anilines is 2. The van der Waals surface area contributed by atoms with E-state index in [1.54, 1.807) is 0 Å². The predicted molar refractivity (Wildman–Crippen MR) is 242 cm³/mol. The van der Waals surface area contributed by atoms with E-state index in [-0.39, 0.29) is 0 Å². The molecule has 1 atom stereocenters. The van der Waals surface area contributed by atoms with Gasteiger partial charge in [-0.05, 0) is 125 Å². The van der Waals surface area contributed by atoms with Gasteiger partial charge in [-0.25, -0.2) is 4.98 Å². The lowest BCUT2D eigenvalue weighted by atomic mass is 9.65. The van der Waals surface area contributed by atoms with Crippen molar-refractivity contribution in [2.24, 2.45) is 0 Å². The minimum Gasteiger partial charge on any atom is -0.314 e. The molecule has 0 amide bonds. The van der Waals surface area contributed by atoms with Crippen LogP contribution in [0.5, 0.6) is 0 Å². The first-order chi connectivity index (χ1) is 27.4. The van der Waals surface area contributed by atoms with Gasteiger partial charge in [0, 0.05) is 37.1 Å². The van der Waals surface area contributed by atoms with Gasteiger partial charge in [-0.2, -0.15) is 0 Å². The van der Waals surface area contributed by atoms with Gasteiger partial charge < -0.3 is 4.90 Å². The molecule has 6 aromatic carbocycles. The quantitative estimate of drug-likeness (QED) is 0.179. The van der Waals surface area contributed by atoms with Crippen molar-refractivity contribution in [2.75, 3.05) is 4.90 Å². The highest BCUT2D eigenvalue weighted by Gasteiger charge is 2.52. The number of aromatic nitrogens is 1. The third-order valence-electron chi connectivity index (χ3n) is 11.6. The molecule has 2 aliphatic rings. The Hall–Kier alpha value is -6.29. The van der Waals surface area contributed by atoms with E-state index in [9.17, 15) is 0 Å². The van der Waals surface area contributed by atoms with Gasteiger partial charge in [0.05, 0.1) is 22.5 Å². The fraction of sp³-hybridized carbons (Fsp3) is 0.113. The summed E-state index contributed by atoms with van der Waals surface area (Å²) in [4.78, 5) is 7.66. The average molecular weight is 741 g/mol. The first-order valence-electron chi connectivity index (χ1n) is 19.6. The van der Waals surface area contributed by atoms with Gasteiger partial charge >= 0.3 is 0 Å². The van der Waals surface area contributed by atoms with Crippen molar-refractivity contribution >= 4 is 54.5 Å². The van der Waals surface area contributed by atoms with Crippen LogP contribution in [-0.2, 0) is 5.41 Å². The van der Waals surface area contributed by atoms with Crippen LogP contribution in [0.2, 0.25) is 0 Å². The molecule has 3 heterocycles. The highest BCUT2D eigenvalue weighted by molar-refractivity contribution is 7.25. The second-order valence-corrected chi connectivity index (χ2v) is 15.6. The fourth-order valence-corrected chi connectivity index (χ4v) is 10.2. The largest absolute Gasteiger partial charge is 0.314 e. The van der Waals surface area contributed by atoms with Crippen LogP contribution >= 0.6 is 11.3 Å². The van der Waals surface area contributed by atoms with Crippen LogP contribution in [0.4, 0.5) is 11.4 Å². The van der Waals surface area contributed by atoms with Gasteiger partial charge in [0.15, 0.2) is 0 Å². The Morgan fingerprint density at radius 3 is 2.12 bits per heavy atom. The molecule has 2 nitrogen and oxygen atoms in total. The third-order valence-corrected chi connectivity index (χ3v) is 12.7. The maximum atomic E-state index is 5.25. The molecule has 3 heteroatoms. The number of pyridine rings is 1. The van der Waals surface area contributed by atoms with E-state index < -0.39 is 5.41 Å². The minimum atomic E-state index is -0.557. The summed E-state index contributed by atoms with van der Waals surface area (Å²) < 4.78 is 2.62. The van der Waals surface area contributed by atoms with Crippen LogP contribution in [0, 0.1) is 6.92 Å². The SMILES string of the molecule is C=C1/C(=C/c2cc(C)cc(-c3ccccc3)n2)c2cc(-c3cccc4sc5ccccc5c34)ccc2C12C(C)=C(C)N(c1ccccc1)c1ccccc12.CC. The maximum Gasteiger partial charge on any atom is 0.0711 e. The molecule has 56 heavy (non-hydrogen) atoms. The van der Waals surface area contributed by atoms with Crippen molar-refractivity contribution in [2.45, 2.75) is 40.0 Å². The molecule has 0 N–H and O–H groups in total. The molecule has 10 rings (SSSR count). The van der Waals surface area contributed by atoms with Gasteiger partial charge in [0.2, 0.25) is 0 Å². The van der Waals surface area contributed by atoms with Gasteiger partial charge in [-0.1, -0.05) is 130 Å². The number of benzene rings is 6. The summed E-state index contributed by atoms with van der Waals surface area (Å²) in [5.74, 6) is 0. The van der Waals surface area contributed by atoms with E-state index in [0.29, 0.717) is 0 Å². The molecule has 0 saturated heterocycles. The molecule has 1 aliphatic heterocycles. The fourth-order valence-electron chi connectivity index (χ4n) is 9.09. The molecule has 0 bridgehead atoms. The van der Waals surface area contributed by atoms with E-state index in [4.69, 9.17) is 11.6 Å². The smallest absolute Gasteiger partial charge is 0.0711 e. The molecule has 0 fully saturated rings. The number of allylic oxidation sites excluding steroid dienone is 4. The normalized spacial score (nSPS) is 16.7. The number of aryl methyl sites for hydroxylation is 1. The van der Waals surface area contributed by atoms with Gasteiger partial charge in [0.25, 0.3) is 0 Å². The summed E-state index contributed by atoms with van der Waals surface area (Å²) in [5, 5.41) is 2.62. The van der Waals surface area contributed by atoms with Crippen molar-refractivity contribution in [1.29, 1.82) is 0 Å². The second-order valence-electron chi connectivity index (χ2n) is 14.5. The summed E-state index contributed by atoms with van der Waals surface area (Å²) in [6.45, 7) is 15.8. The lowest BCUT2D eigenvalue weighted by Crippen LogP contribution is -2.37. The van der Waals surface area contributed by atoms with E-state index in [1.807, 2.05) is 25.2 Å². The molecule has 2 aromatic heterocycles. The summed E-state index contributed by atoms with van der Waals surface area (Å²) in [5.41, 5.74) is 16.8. The van der Waals surface area contributed by atoms with Crippen LogP contribution in [0.15, 0.2) is 181 Å². The Morgan fingerprint density at radius 1 is 0.625 bits per heavy atom. The first kappa shape index (κ1) is 35.4. The molecule has 1 aliphatic carbocycles. The summed E-state index contributed by atoms with van der Waals surface area (Å²) >= 11 is 1.86. The van der Waals surface area contributed by atoms with Gasteiger partial charge in [-0.15, -0.1) is 11.3 Å². The Bertz CT molecular complexity index is 2880. The molecule has 272 valence electrons. The van der Waals surface area contributed by atoms with Crippen molar-refractivity contribution in [3.63, 3.8) is 0 Å². The van der Waals surface area contributed by atoms with Crippen LogP contribution in [0.3, 0.4) is 0 Å². The first-order valence-corrected chi connectivity index (χ1v) is 20.4. The topological polar surface area (TPSA) is 16.1 Å². The number of fused-ring (bicyclic) bond motifs is 7. The van der Waals surface area contributed by atoms with Crippen LogP contribution in [0.1, 0.15) is 55.6 Å². The van der Waals surface area contributed by atoms with Crippen molar-refractivity contribution in [3.05, 3.63) is 209 Å². The number of thiophene rings is 1. The highest BCUT2D eigenvalue weighted by atomic mass is 32.1. The monoisotopic (exact) mass is 740 g/mol. The number of hydrogen-bond donors (Lipinski definition) is 0. The predicted octanol–water partition coefficient (Wildman–Crippen LogP) is 15.0. The number of hydrogen-bond acceptors (Lipinski definition) is 3. The summed E-state index contributed by atoms with van der Waals surface area (Å²) in [6.07, 6.45) is 2.29. The number of nitrogens with zero attached hydrogens (tertiary/aromatic N) is 2. The minimum absolute atomic E-state index is 0.557. The van der Waals surface area contributed by atoms with E-state index in [1.165, 1.54) is 70.5 Å². The molecule has 0 saturated carbocycles. The Labute approximate surface area is 334 Å². The van der Waals surface area contributed by atoms with Crippen molar-refractivity contribution in [1.82, 2.24) is 4.98 Å². The Kier molecular flexibility index (Phi) is 8.91. The zero-order chi connectivity index (χ0) is 38.6.